The number of nitriles is 1. The van der Waals surface area contributed by atoms with E-state index in [1.165, 1.54) is 12.1 Å². The van der Waals surface area contributed by atoms with Gasteiger partial charge in [0.15, 0.2) is 0 Å². The maximum atomic E-state index is 13.6. The third-order valence-corrected chi connectivity index (χ3v) is 9.25. The van der Waals surface area contributed by atoms with E-state index < -0.39 is 17.2 Å². The molecule has 1 saturated carbocycles. The highest BCUT2D eigenvalue weighted by atomic mass is 32.2. The molecule has 1 aliphatic carbocycles. The molecule has 1 aromatic heterocycles. The molecule has 2 fully saturated rings. The molecule has 1 N–H and O–H groups in total. The summed E-state index contributed by atoms with van der Waals surface area (Å²) in [6.07, 6.45) is 3.36. The molecule has 0 spiro atoms. The van der Waals surface area contributed by atoms with E-state index in [4.69, 9.17) is 9.40 Å². The molecule has 1 amide bonds. The van der Waals surface area contributed by atoms with Crippen molar-refractivity contribution in [2.24, 2.45) is 11.8 Å². The highest BCUT2D eigenvalue weighted by Gasteiger charge is 2.38. The number of carbonyl (C=O) groups is 1. The molecule has 9 heteroatoms. The summed E-state index contributed by atoms with van der Waals surface area (Å²) in [6, 6.07) is 15.8. The van der Waals surface area contributed by atoms with Crippen LogP contribution in [0.5, 0.6) is 0 Å². The Morgan fingerprint density at radius 2 is 1.75 bits per heavy atom. The van der Waals surface area contributed by atoms with Crippen LogP contribution in [0.1, 0.15) is 51.2 Å². The molecule has 2 aromatic carbocycles. The fraction of sp³-hybridized carbons (Fsp3) is 0.452. The first-order chi connectivity index (χ1) is 19.3. The van der Waals surface area contributed by atoms with E-state index in [-0.39, 0.29) is 29.5 Å². The summed E-state index contributed by atoms with van der Waals surface area (Å²) in [5, 5.41) is 12.5. The van der Waals surface area contributed by atoms with E-state index in [1.54, 1.807) is 12.1 Å². The van der Waals surface area contributed by atoms with Crippen LogP contribution >= 0.6 is 0 Å². The monoisotopic (exact) mass is 562 g/mol. The summed E-state index contributed by atoms with van der Waals surface area (Å²) in [6.45, 7) is 5.36. The molecule has 1 saturated heterocycles. The molecule has 0 unspecified atom stereocenters. The minimum atomic E-state index is -0.745. The Hall–Kier alpha value is -3.35. The predicted molar refractivity (Wildman–Crippen MR) is 155 cm³/mol. The number of anilines is 1. The second-order valence-electron chi connectivity index (χ2n) is 11.0. The molecule has 1 aliphatic heterocycles. The number of hydrogen-bond acceptors (Lipinski definition) is 6. The lowest BCUT2D eigenvalue weighted by molar-refractivity contribution is -0.127. The molecule has 7 nitrogen and oxygen atoms in total. The lowest BCUT2D eigenvalue weighted by atomic mass is 9.76. The Bertz CT molecular complexity index is 1340. The fourth-order valence-electron chi connectivity index (χ4n) is 5.60. The summed E-state index contributed by atoms with van der Waals surface area (Å²) in [5.41, 5.74) is 3.28. The number of halogens is 1. The molecule has 0 bridgehead atoms. The lowest BCUT2D eigenvalue weighted by Gasteiger charge is -2.31. The van der Waals surface area contributed by atoms with E-state index in [0.29, 0.717) is 40.8 Å². The summed E-state index contributed by atoms with van der Waals surface area (Å²) in [4.78, 5) is 20.6. The van der Waals surface area contributed by atoms with Crippen LogP contribution in [0.2, 0.25) is 0 Å². The number of nitrogens with one attached hydrogen (secondary N) is 1. The molecule has 40 heavy (non-hydrogen) atoms. The number of benzene rings is 2. The average Bonchev–Trinajstić information content (AvgIpc) is 3.42. The minimum absolute atomic E-state index is 0.000300. The molecular formula is C31H35FN4O3S. The maximum absolute atomic E-state index is 13.6. The topological polar surface area (TPSA) is 105 Å². The summed E-state index contributed by atoms with van der Waals surface area (Å²) < 4.78 is 31.9. The van der Waals surface area contributed by atoms with Crippen LogP contribution in [0.3, 0.4) is 0 Å². The van der Waals surface area contributed by atoms with Gasteiger partial charge in [-0.2, -0.15) is 5.26 Å². The quantitative estimate of drug-likeness (QED) is 0.373. The average molecular weight is 563 g/mol. The third kappa shape index (κ3) is 6.18. The second kappa shape index (κ2) is 12.4. The smallest absolute Gasteiger partial charge is 0.226 e. The standard InChI is InChI=1S/C31H35FN4O3S/c1-20(2)27(19-33)34-30(37)26-6-4-3-5-25(26)29-28(35-31(39-29)22-7-11-23(32)12-8-22)21-9-13-24(14-10-21)36-15-17-40(38)18-16-36/h7-14,20,25-27H,3-6,15-18H2,1-2H3,(H,34,37)/t25-,26-,27-/m1/s1. The van der Waals surface area contributed by atoms with Crippen molar-refractivity contribution in [3.63, 3.8) is 0 Å². The van der Waals surface area contributed by atoms with Gasteiger partial charge in [0.2, 0.25) is 11.8 Å². The van der Waals surface area contributed by atoms with Gasteiger partial charge in [-0.15, -0.1) is 0 Å². The van der Waals surface area contributed by atoms with Gasteiger partial charge in [-0.3, -0.25) is 4.79 Å². The molecule has 0 radical (unpaired) electrons. The number of nitrogens with zero attached hydrogens (tertiary/aromatic N) is 3. The van der Waals surface area contributed by atoms with Crippen molar-refractivity contribution in [1.29, 1.82) is 5.26 Å². The molecule has 210 valence electrons. The van der Waals surface area contributed by atoms with Crippen LogP contribution in [-0.2, 0) is 16.0 Å². The molecule has 3 atom stereocenters. The highest BCUT2D eigenvalue weighted by Crippen LogP contribution is 2.44. The van der Waals surface area contributed by atoms with E-state index in [0.717, 1.165) is 43.6 Å². The van der Waals surface area contributed by atoms with Crippen LogP contribution in [0.4, 0.5) is 10.1 Å². The number of carbonyl (C=O) groups excluding carboxylic acids is 1. The predicted octanol–water partition coefficient (Wildman–Crippen LogP) is 5.65. The first kappa shape index (κ1) is 28.2. The van der Waals surface area contributed by atoms with E-state index in [9.17, 15) is 19.0 Å². The number of rotatable bonds is 7. The van der Waals surface area contributed by atoms with E-state index in [2.05, 4.69) is 16.3 Å². The van der Waals surface area contributed by atoms with E-state index in [1.807, 2.05) is 38.1 Å². The van der Waals surface area contributed by atoms with Gasteiger partial charge in [-0.25, -0.2) is 9.37 Å². The van der Waals surface area contributed by atoms with Gasteiger partial charge >= 0.3 is 0 Å². The summed E-state index contributed by atoms with van der Waals surface area (Å²) in [5.74, 6) is 1.37. The van der Waals surface area contributed by atoms with Crippen LogP contribution < -0.4 is 10.2 Å². The van der Waals surface area contributed by atoms with Crippen LogP contribution in [0.15, 0.2) is 52.9 Å². The first-order valence-corrected chi connectivity index (χ1v) is 15.5. The van der Waals surface area contributed by atoms with Gasteiger partial charge in [-0.1, -0.05) is 50.0 Å². The lowest BCUT2D eigenvalue weighted by Crippen LogP contribution is -2.43. The van der Waals surface area contributed by atoms with Crippen LogP contribution in [0, 0.1) is 29.0 Å². The normalized spacial score (nSPS) is 20.8. The number of aromatic nitrogens is 1. The minimum Gasteiger partial charge on any atom is -0.616 e. The Labute approximate surface area is 238 Å². The zero-order chi connectivity index (χ0) is 28.2. The summed E-state index contributed by atoms with van der Waals surface area (Å²) >= 11 is -0.745. The number of amides is 1. The van der Waals surface area contributed by atoms with Crippen LogP contribution in [-0.4, -0.2) is 46.1 Å². The Morgan fingerprint density at radius 3 is 2.40 bits per heavy atom. The zero-order valence-electron chi connectivity index (χ0n) is 22.9. The van der Waals surface area contributed by atoms with Crippen molar-refractivity contribution in [2.45, 2.75) is 51.5 Å². The van der Waals surface area contributed by atoms with Crippen molar-refractivity contribution >= 4 is 22.8 Å². The number of oxazole rings is 1. The largest absolute Gasteiger partial charge is 0.616 e. The molecule has 3 aromatic rings. The van der Waals surface area contributed by atoms with Gasteiger partial charge in [0.25, 0.3) is 0 Å². The van der Waals surface area contributed by atoms with Crippen molar-refractivity contribution in [3.05, 3.63) is 60.1 Å². The third-order valence-electron chi connectivity index (χ3n) is 7.97. The van der Waals surface area contributed by atoms with Gasteiger partial charge < -0.3 is 19.2 Å². The fourth-order valence-corrected chi connectivity index (χ4v) is 6.65. The highest BCUT2D eigenvalue weighted by molar-refractivity contribution is 7.91. The zero-order valence-corrected chi connectivity index (χ0v) is 23.8. The molecule has 5 rings (SSSR count). The summed E-state index contributed by atoms with van der Waals surface area (Å²) in [7, 11) is 0. The molecular weight excluding hydrogens is 527 g/mol. The van der Waals surface area contributed by atoms with Crippen molar-refractivity contribution in [3.8, 4) is 28.8 Å². The van der Waals surface area contributed by atoms with Gasteiger partial charge in [0.1, 0.15) is 34.8 Å². The Balaban J connectivity index is 1.50. The first-order valence-electron chi connectivity index (χ1n) is 14.0. The van der Waals surface area contributed by atoms with Crippen molar-refractivity contribution < 1.29 is 18.2 Å². The van der Waals surface area contributed by atoms with E-state index >= 15 is 0 Å². The van der Waals surface area contributed by atoms with Gasteiger partial charge in [0.05, 0.1) is 19.2 Å². The number of hydrogen-bond donors (Lipinski definition) is 1. The van der Waals surface area contributed by atoms with Gasteiger partial charge in [-0.05, 0) is 55.2 Å². The van der Waals surface area contributed by atoms with Crippen molar-refractivity contribution in [2.75, 3.05) is 29.5 Å². The Morgan fingerprint density at radius 1 is 1.10 bits per heavy atom. The molecule has 2 aliphatic rings. The molecule has 2 heterocycles. The maximum Gasteiger partial charge on any atom is 0.226 e. The SMILES string of the molecule is CC(C)[C@@H](C#N)NC(=O)[C@@H]1CCCC[C@H]1c1oc(-c2ccc(F)cc2)nc1-c1ccc(N2CC[S+]([O-])CC2)cc1. The Kier molecular flexibility index (Phi) is 8.77. The second-order valence-corrected chi connectivity index (χ2v) is 12.7. The van der Waals surface area contributed by atoms with Crippen LogP contribution in [0.25, 0.3) is 22.7 Å². The van der Waals surface area contributed by atoms with Crippen molar-refractivity contribution in [1.82, 2.24) is 10.3 Å². The van der Waals surface area contributed by atoms with Gasteiger partial charge in [0, 0.05) is 28.7 Å².